The molecule has 2 aromatic carbocycles. The molecule has 0 heterocycles. The van der Waals surface area contributed by atoms with Crippen molar-refractivity contribution in [3.05, 3.63) is 53.1 Å². The van der Waals surface area contributed by atoms with Crippen LogP contribution in [0.3, 0.4) is 0 Å². The molecule has 0 fully saturated rings. The Hall–Kier alpha value is -2.20. The molecule has 0 unspecified atom stereocenters. The number of carbonyl (C=O) groups is 1. The minimum Gasteiger partial charge on any atom is -0.377 e. The van der Waals surface area contributed by atoms with Crippen molar-refractivity contribution in [2.24, 2.45) is 5.73 Å². The van der Waals surface area contributed by atoms with E-state index in [1.54, 1.807) is 18.2 Å². The molecule has 0 radical (unpaired) electrons. The number of hydrogen-bond donors (Lipinski definition) is 2. The van der Waals surface area contributed by atoms with Crippen LogP contribution in [0.2, 0.25) is 5.02 Å². The van der Waals surface area contributed by atoms with Crippen LogP contribution < -0.4 is 16.0 Å². The van der Waals surface area contributed by atoms with Gasteiger partial charge >= 0.3 is 0 Å². The Kier molecular flexibility index (Phi) is 4.15. The van der Waals surface area contributed by atoms with Crippen LogP contribution in [0, 0.1) is 0 Å². The molecule has 20 heavy (non-hydrogen) atoms. The maximum Gasteiger partial charge on any atom is 0.250 e. The third kappa shape index (κ3) is 3.22. The van der Waals surface area contributed by atoms with Crippen molar-refractivity contribution < 1.29 is 4.79 Å². The van der Waals surface area contributed by atoms with Gasteiger partial charge in [-0.25, -0.2) is 0 Å². The summed E-state index contributed by atoms with van der Waals surface area (Å²) in [6, 6.07) is 12.8. The monoisotopic (exact) mass is 289 g/mol. The molecule has 1 amide bonds. The summed E-state index contributed by atoms with van der Waals surface area (Å²) in [6.07, 6.45) is 0. The molecule has 0 saturated carbocycles. The average molecular weight is 290 g/mol. The zero-order chi connectivity index (χ0) is 14.7. The Morgan fingerprint density at radius 2 is 1.70 bits per heavy atom. The molecule has 0 aliphatic heterocycles. The third-order valence-electron chi connectivity index (χ3n) is 2.88. The highest BCUT2D eigenvalue weighted by Crippen LogP contribution is 2.25. The van der Waals surface area contributed by atoms with E-state index in [2.05, 4.69) is 5.32 Å². The number of amides is 1. The van der Waals surface area contributed by atoms with E-state index in [-0.39, 0.29) is 0 Å². The molecule has 3 N–H and O–H groups in total. The van der Waals surface area contributed by atoms with E-state index in [0.717, 1.165) is 17.1 Å². The molecule has 0 aliphatic rings. The molecule has 0 saturated heterocycles. The first-order valence-corrected chi connectivity index (χ1v) is 6.49. The Balaban J connectivity index is 2.31. The van der Waals surface area contributed by atoms with Crippen LogP contribution in [0.4, 0.5) is 17.1 Å². The molecule has 2 rings (SSSR count). The van der Waals surface area contributed by atoms with E-state index >= 15 is 0 Å². The van der Waals surface area contributed by atoms with E-state index in [1.165, 1.54) is 0 Å². The average Bonchev–Trinajstić information content (AvgIpc) is 2.41. The standard InChI is InChI=1S/C15H16ClN3O/c1-19(2)14-8-7-12(9-13(14)15(17)20)18-11-5-3-10(16)4-6-11/h3-9,18H,1-2H3,(H2,17,20). The van der Waals surface area contributed by atoms with Crippen LogP contribution >= 0.6 is 11.6 Å². The summed E-state index contributed by atoms with van der Waals surface area (Å²) in [7, 11) is 3.74. The normalized spacial score (nSPS) is 10.2. The quantitative estimate of drug-likeness (QED) is 0.908. The minimum absolute atomic E-state index is 0.451. The van der Waals surface area contributed by atoms with Crippen LogP contribution in [0.15, 0.2) is 42.5 Å². The third-order valence-corrected chi connectivity index (χ3v) is 3.13. The molecule has 104 valence electrons. The summed E-state index contributed by atoms with van der Waals surface area (Å²) < 4.78 is 0. The van der Waals surface area contributed by atoms with Gasteiger partial charge in [0.05, 0.1) is 5.56 Å². The maximum atomic E-state index is 11.5. The summed E-state index contributed by atoms with van der Waals surface area (Å²) in [6.45, 7) is 0. The molecule has 0 atom stereocenters. The number of nitrogens with one attached hydrogen (secondary N) is 1. The number of primary amides is 1. The van der Waals surface area contributed by atoms with Gasteiger partial charge in [0.2, 0.25) is 0 Å². The number of carbonyl (C=O) groups excluding carboxylic acids is 1. The first-order chi connectivity index (χ1) is 9.47. The fourth-order valence-corrected chi connectivity index (χ4v) is 2.03. The van der Waals surface area contributed by atoms with Gasteiger partial charge in [-0.3, -0.25) is 4.79 Å². The van der Waals surface area contributed by atoms with Crippen LogP contribution in [0.5, 0.6) is 0 Å². The Morgan fingerprint density at radius 3 is 2.25 bits per heavy atom. The number of halogens is 1. The Bertz CT molecular complexity index is 624. The molecule has 4 nitrogen and oxygen atoms in total. The predicted molar refractivity (Wildman–Crippen MR) is 84.0 cm³/mol. The fraction of sp³-hybridized carbons (Fsp3) is 0.133. The second-order valence-electron chi connectivity index (χ2n) is 4.62. The van der Waals surface area contributed by atoms with Crippen molar-refractivity contribution >= 4 is 34.6 Å². The first-order valence-electron chi connectivity index (χ1n) is 6.11. The molecular weight excluding hydrogens is 274 g/mol. The van der Waals surface area contributed by atoms with Crippen molar-refractivity contribution in [2.75, 3.05) is 24.3 Å². The summed E-state index contributed by atoms with van der Waals surface area (Å²) in [5.41, 5.74) is 8.38. The predicted octanol–water partition coefficient (Wildman–Crippen LogP) is 3.25. The zero-order valence-corrected chi connectivity index (χ0v) is 12.1. The first kappa shape index (κ1) is 14.2. The Labute approximate surface area is 123 Å². The highest BCUT2D eigenvalue weighted by atomic mass is 35.5. The van der Waals surface area contributed by atoms with E-state index in [1.807, 2.05) is 43.3 Å². The number of nitrogens with two attached hydrogens (primary N) is 1. The second kappa shape index (κ2) is 5.84. The van der Waals surface area contributed by atoms with Crippen LogP contribution in [0.1, 0.15) is 10.4 Å². The minimum atomic E-state index is -0.451. The van der Waals surface area contributed by atoms with Crippen molar-refractivity contribution in [1.82, 2.24) is 0 Å². The van der Waals surface area contributed by atoms with Crippen LogP contribution in [0.25, 0.3) is 0 Å². The van der Waals surface area contributed by atoms with Crippen molar-refractivity contribution in [3.8, 4) is 0 Å². The maximum absolute atomic E-state index is 11.5. The number of nitrogens with zero attached hydrogens (tertiary/aromatic N) is 1. The van der Waals surface area contributed by atoms with Gasteiger partial charge in [-0.15, -0.1) is 0 Å². The van der Waals surface area contributed by atoms with Gasteiger partial charge < -0.3 is 16.0 Å². The van der Waals surface area contributed by atoms with Gasteiger partial charge in [0, 0.05) is 36.2 Å². The van der Waals surface area contributed by atoms with Gasteiger partial charge in [0.1, 0.15) is 0 Å². The lowest BCUT2D eigenvalue weighted by Crippen LogP contribution is -2.18. The SMILES string of the molecule is CN(C)c1ccc(Nc2ccc(Cl)cc2)cc1C(N)=O. The number of anilines is 3. The summed E-state index contributed by atoms with van der Waals surface area (Å²) in [4.78, 5) is 13.4. The highest BCUT2D eigenvalue weighted by molar-refractivity contribution is 6.30. The largest absolute Gasteiger partial charge is 0.377 e. The van der Waals surface area contributed by atoms with Crippen molar-refractivity contribution in [1.29, 1.82) is 0 Å². The van der Waals surface area contributed by atoms with Crippen LogP contribution in [-0.4, -0.2) is 20.0 Å². The molecule has 5 heteroatoms. The molecule has 2 aromatic rings. The van der Waals surface area contributed by atoms with E-state index in [9.17, 15) is 4.79 Å². The number of benzene rings is 2. The van der Waals surface area contributed by atoms with Gasteiger partial charge in [-0.1, -0.05) is 11.6 Å². The number of rotatable bonds is 4. The lowest BCUT2D eigenvalue weighted by molar-refractivity contribution is 0.100. The fourth-order valence-electron chi connectivity index (χ4n) is 1.90. The molecule has 0 aliphatic carbocycles. The lowest BCUT2D eigenvalue weighted by Gasteiger charge is -2.17. The van der Waals surface area contributed by atoms with Gasteiger partial charge in [-0.2, -0.15) is 0 Å². The molecule has 0 aromatic heterocycles. The Morgan fingerprint density at radius 1 is 1.10 bits per heavy atom. The summed E-state index contributed by atoms with van der Waals surface area (Å²) >= 11 is 5.84. The van der Waals surface area contributed by atoms with E-state index < -0.39 is 5.91 Å². The molecular formula is C15H16ClN3O. The van der Waals surface area contributed by atoms with Crippen LogP contribution in [-0.2, 0) is 0 Å². The summed E-state index contributed by atoms with van der Waals surface area (Å²) in [5.74, 6) is -0.451. The van der Waals surface area contributed by atoms with E-state index in [4.69, 9.17) is 17.3 Å². The van der Waals surface area contributed by atoms with Gasteiger partial charge in [0.15, 0.2) is 0 Å². The highest BCUT2D eigenvalue weighted by Gasteiger charge is 2.10. The molecule has 0 bridgehead atoms. The van der Waals surface area contributed by atoms with E-state index in [0.29, 0.717) is 10.6 Å². The van der Waals surface area contributed by atoms with Crippen molar-refractivity contribution in [2.45, 2.75) is 0 Å². The topological polar surface area (TPSA) is 58.4 Å². The smallest absolute Gasteiger partial charge is 0.250 e. The second-order valence-corrected chi connectivity index (χ2v) is 5.06. The van der Waals surface area contributed by atoms with Gasteiger partial charge in [-0.05, 0) is 42.5 Å². The number of hydrogen-bond acceptors (Lipinski definition) is 3. The molecule has 0 spiro atoms. The lowest BCUT2D eigenvalue weighted by atomic mass is 10.1. The van der Waals surface area contributed by atoms with Gasteiger partial charge in [0.25, 0.3) is 5.91 Å². The summed E-state index contributed by atoms with van der Waals surface area (Å²) in [5, 5.41) is 3.88. The van der Waals surface area contributed by atoms with Crippen molar-refractivity contribution in [3.63, 3.8) is 0 Å². The zero-order valence-electron chi connectivity index (χ0n) is 11.4.